The predicted octanol–water partition coefficient (Wildman–Crippen LogP) is 0.343. The quantitative estimate of drug-likeness (QED) is 0.552. The highest BCUT2D eigenvalue weighted by molar-refractivity contribution is 5.75. The fourth-order valence-corrected chi connectivity index (χ4v) is 3.24. The van der Waals surface area contributed by atoms with Crippen LogP contribution in [0.4, 0.5) is 19.3 Å². The lowest BCUT2D eigenvalue weighted by atomic mass is 10.2. The number of H-pyrrole nitrogens is 2. The number of alkyl carbamates (subject to hydrolysis) is 1. The molecule has 30 heavy (non-hydrogen) atoms. The minimum absolute atomic E-state index is 0.0486. The smallest absolute Gasteiger partial charge is 0.407 e. The van der Waals surface area contributed by atoms with Crippen LogP contribution < -0.4 is 21.5 Å². The molecule has 0 aliphatic carbocycles. The van der Waals surface area contributed by atoms with Gasteiger partial charge in [0.15, 0.2) is 11.8 Å². The molecule has 4 heterocycles. The van der Waals surface area contributed by atoms with Crippen molar-refractivity contribution in [1.82, 2.24) is 29.9 Å². The monoisotopic (exact) mass is 421 g/mol. The molecule has 3 N–H and O–H groups in total. The molecule has 3 aromatic rings. The summed E-state index contributed by atoms with van der Waals surface area (Å²) in [5.41, 5.74) is -0.610. The van der Waals surface area contributed by atoms with E-state index in [-0.39, 0.29) is 35.7 Å². The van der Waals surface area contributed by atoms with Gasteiger partial charge in [0.2, 0.25) is 0 Å². The van der Waals surface area contributed by atoms with Crippen molar-refractivity contribution in [1.29, 1.82) is 0 Å². The van der Waals surface area contributed by atoms with Crippen LogP contribution in [0.25, 0.3) is 16.9 Å². The van der Waals surface area contributed by atoms with Gasteiger partial charge in [-0.2, -0.15) is 5.10 Å². The van der Waals surface area contributed by atoms with Crippen molar-refractivity contribution >= 4 is 17.4 Å². The summed E-state index contributed by atoms with van der Waals surface area (Å²) in [6.07, 6.45) is 1.54. The number of anilines is 1. The van der Waals surface area contributed by atoms with Crippen molar-refractivity contribution in [3.8, 4) is 11.3 Å². The Kier molecular flexibility index (Phi) is 4.72. The van der Waals surface area contributed by atoms with E-state index in [4.69, 9.17) is 4.74 Å². The predicted molar refractivity (Wildman–Crippen MR) is 101 cm³/mol. The molecule has 0 saturated carbocycles. The normalized spacial score (nSPS) is 18.0. The number of nitrogens with zero attached hydrogens (tertiary/aromatic N) is 4. The van der Waals surface area contributed by atoms with Gasteiger partial charge in [-0.3, -0.25) is 9.78 Å². The number of aromatic nitrogens is 5. The molecule has 13 heteroatoms. The second kappa shape index (κ2) is 7.24. The summed E-state index contributed by atoms with van der Waals surface area (Å²) in [7, 11) is 0. The molecular weight excluding hydrogens is 404 g/mol. The molecule has 158 valence electrons. The van der Waals surface area contributed by atoms with Crippen LogP contribution in [0.3, 0.4) is 0 Å². The second-order valence-electron chi connectivity index (χ2n) is 6.66. The number of hydrogen-bond donors (Lipinski definition) is 3. The number of amides is 1. The Labute approximate surface area is 166 Å². The first kappa shape index (κ1) is 19.5. The van der Waals surface area contributed by atoms with Crippen molar-refractivity contribution in [3.05, 3.63) is 45.5 Å². The largest absolute Gasteiger partial charge is 0.438 e. The number of rotatable bonds is 4. The molecule has 1 atom stereocenters. The highest BCUT2D eigenvalue weighted by Gasteiger charge is 2.51. The molecule has 0 spiro atoms. The van der Waals surface area contributed by atoms with E-state index in [0.717, 1.165) is 0 Å². The molecule has 1 aliphatic heterocycles. The third kappa shape index (κ3) is 3.49. The standard InChI is InChI=1S/C17H17F2N7O4/c1-2-20-16(29)30-12-7-25(8-17(12,18)19)11-5-10(24-26-4-3-21-13(11)26)9-6-22-15(28)23-14(9)27/h3-6,12H,2,7-8H2,1H3,(H,20,29)(H2,22,23,27,28). The lowest BCUT2D eigenvalue weighted by Crippen LogP contribution is -2.39. The maximum Gasteiger partial charge on any atom is 0.407 e. The number of carbonyl (C=O) groups is 1. The van der Waals surface area contributed by atoms with E-state index >= 15 is 0 Å². The van der Waals surface area contributed by atoms with Gasteiger partial charge in [0, 0.05) is 25.1 Å². The van der Waals surface area contributed by atoms with Gasteiger partial charge in [0.1, 0.15) is 5.69 Å². The van der Waals surface area contributed by atoms with Gasteiger partial charge < -0.3 is 19.9 Å². The van der Waals surface area contributed by atoms with E-state index < -0.39 is 35.9 Å². The Morgan fingerprint density at radius 1 is 1.43 bits per heavy atom. The first-order chi connectivity index (χ1) is 14.3. The molecule has 1 fully saturated rings. The number of fused-ring (bicyclic) bond motifs is 1. The highest BCUT2D eigenvalue weighted by atomic mass is 19.3. The van der Waals surface area contributed by atoms with Gasteiger partial charge in [-0.1, -0.05) is 0 Å². The summed E-state index contributed by atoms with van der Waals surface area (Å²) >= 11 is 0. The minimum atomic E-state index is -3.30. The highest BCUT2D eigenvalue weighted by Crippen LogP contribution is 2.35. The van der Waals surface area contributed by atoms with Gasteiger partial charge >= 0.3 is 17.7 Å². The Bertz CT molecular complexity index is 1220. The molecule has 0 bridgehead atoms. The van der Waals surface area contributed by atoms with Crippen molar-refractivity contribution in [2.24, 2.45) is 0 Å². The first-order valence-corrected chi connectivity index (χ1v) is 9.02. The number of hydrogen-bond acceptors (Lipinski definition) is 7. The average Bonchev–Trinajstić information content (AvgIpc) is 3.25. The minimum Gasteiger partial charge on any atom is -0.438 e. The topological polar surface area (TPSA) is 137 Å². The van der Waals surface area contributed by atoms with E-state index in [1.165, 1.54) is 34.1 Å². The fraction of sp³-hybridized carbons (Fsp3) is 0.353. The van der Waals surface area contributed by atoms with Crippen molar-refractivity contribution in [2.45, 2.75) is 19.0 Å². The van der Waals surface area contributed by atoms with Crippen LogP contribution in [0.2, 0.25) is 0 Å². The van der Waals surface area contributed by atoms with Gasteiger partial charge in [-0.25, -0.2) is 27.9 Å². The van der Waals surface area contributed by atoms with Crippen molar-refractivity contribution in [3.63, 3.8) is 0 Å². The summed E-state index contributed by atoms with van der Waals surface area (Å²) in [5, 5.41) is 6.58. The number of nitrogens with one attached hydrogen (secondary N) is 3. The molecule has 11 nitrogen and oxygen atoms in total. The molecule has 1 saturated heterocycles. The molecule has 0 aromatic carbocycles. The Morgan fingerprint density at radius 2 is 2.23 bits per heavy atom. The summed E-state index contributed by atoms with van der Waals surface area (Å²) in [5.74, 6) is -3.30. The zero-order valence-corrected chi connectivity index (χ0v) is 15.7. The van der Waals surface area contributed by atoms with Gasteiger partial charge in [0.25, 0.3) is 5.56 Å². The number of ether oxygens (including phenoxy) is 1. The molecule has 1 amide bonds. The van der Waals surface area contributed by atoms with Crippen LogP contribution in [-0.2, 0) is 4.74 Å². The summed E-state index contributed by atoms with van der Waals surface area (Å²) < 4.78 is 35.3. The Morgan fingerprint density at radius 3 is 2.97 bits per heavy atom. The Balaban J connectivity index is 1.74. The number of imidazole rings is 1. The third-order valence-electron chi connectivity index (χ3n) is 4.60. The zero-order valence-electron chi connectivity index (χ0n) is 15.7. The molecular formula is C17H17F2N7O4. The van der Waals surface area contributed by atoms with E-state index in [1.54, 1.807) is 6.92 Å². The summed E-state index contributed by atoms with van der Waals surface area (Å²) in [6, 6.07) is 1.43. The zero-order chi connectivity index (χ0) is 21.5. The molecule has 4 rings (SSSR count). The van der Waals surface area contributed by atoms with Crippen LogP contribution in [-0.4, -0.2) is 62.3 Å². The average molecular weight is 421 g/mol. The molecule has 1 aliphatic rings. The Hall–Kier alpha value is -3.77. The first-order valence-electron chi connectivity index (χ1n) is 9.02. The van der Waals surface area contributed by atoms with E-state index in [0.29, 0.717) is 0 Å². The molecule has 0 radical (unpaired) electrons. The van der Waals surface area contributed by atoms with Crippen LogP contribution >= 0.6 is 0 Å². The number of aromatic amines is 2. The van der Waals surface area contributed by atoms with Crippen LogP contribution in [0.5, 0.6) is 0 Å². The fourth-order valence-electron chi connectivity index (χ4n) is 3.24. The summed E-state index contributed by atoms with van der Waals surface area (Å²) in [6.45, 7) is 0.895. The van der Waals surface area contributed by atoms with E-state index in [1.807, 2.05) is 0 Å². The lowest BCUT2D eigenvalue weighted by molar-refractivity contribution is -0.0761. The summed E-state index contributed by atoms with van der Waals surface area (Å²) in [4.78, 5) is 45.0. The number of alkyl halides is 2. The number of halogens is 2. The molecule has 1 unspecified atom stereocenters. The third-order valence-corrected chi connectivity index (χ3v) is 4.60. The second-order valence-corrected chi connectivity index (χ2v) is 6.66. The molecule has 3 aromatic heterocycles. The lowest BCUT2D eigenvalue weighted by Gasteiger charge is -2.19. The van der Waals surface area contributed by atoms with Crippen molar-refractivity contribution < 1.29 is 18.3 Å². The van der Waals surface area contributed by atoms with Crippen LogP contribution in [0.1, 0.15) is 6.92 Å². The van der Waals surface area contributed by atoms with Gasteiger partial charge in [-0.15, -0.1) is 0 Å². The number of carbonyl (C=O) groups excluding carboxylic acids is 1. The van der Waals surface area contributed by atoms with Crippen molar-refractivity contribution in [2.75, 3.05) is 24.5 Å². The van der Waals surface area contributed by atoms with Gasteiger partial charge in [0.05, 0.1) is 24.3 Å². The van der Waals surface area contributed by atoms with E-state index in [9.17, 15) is 23.2 Å². The van der Waals surface area contributed by atoms with Crippen LogP contribution in [0.15, 0.2) is 34.2 Å². The van der Waals surface area contributed by atoms with Gasteiger partial charge in [-0.05, 0) is 13.0 Å². The van der Waals surface area contributed by atoms with E-state index in [2.05, 4.69) is 25.4 Å². The maximum absolute atomic E-state index is 14.5. The SMILES string of the molecule is CCNC(=O)OC1CN(c2cc(-c3c[nH]c(=O)[nH]c3=O)nn3ccnc23)CC1(F)F. The maximum atomic E-state index is 14.5. The van der Waals surface area contributed by atoms with Crippen LogP contribution in [0, 0.1) is 0 Å².